The van der Waals surface area contributed by atoms with E-state index < -0.39 is 10.2 Å². The Bertz CT molecular complexity index is 738. The molecule has 0 spiro atoms. The van der Waals surface area contributed by atoms with Gasteiger partial charge in [-0.05, 0) is 36.8 Å². The molecule has 0 aliphatic rings. The maximum atomic E-state index is 13.3. The zero-order valence-electron chi connectivity index (χ0n) is 15.8. The number of hydrogen-bond acceptors (Lipinski definition) is 4. The van der Waals surface area contributed by atoms with E-state index in [9.17, 15) is 4.79 Å². The summed E-state index contributed by atoms with van der Waals surface area (Å²) in [7, 11) is 1.63. The van der Waals surface area contributed by atoms with Crippen molar-refractivity contribution in [3.8, 4) is 5.75 Å². The van der Waals surface area contributed by atoms with E-state index in [0.29, 0.717) is 6.61 Å². The largest absolute Gasteiger partial charge is 0.497 e. The summed E-state index contributed by atoms with van der Waals surface area (Å²) < 4.78 is 9.82. The van der Waals surface area contributed by atoms with Gasteiger partial charge in [-0.15, -0.1) is 18.3 Å². The minimum absolute atomic E-state index is 0.267. The number of allylic oxidation sites excluding steroid dienone is 1. The minimum atomic E-state index is -0.958. The molecule has 138 valence electrons. The van der Waals surface area contributed by atoms with Gasteiger partial charge in [0, 0.05) is 10.3 Å². The third kappa shape index (κ3) is 3.80. The first-order chi connectivity index (χ1) is 12.4. The molecular formula is C22H26O3S. The van der Waals surface area contributed by atoms with Crippen molar-refractivity contribution in [1.82, 2.24) is 0 Å². The van der Waals surface area contributed by atoms with E-state index in [0.717, 1.165) is 16.2 Å². The summed E-state index contributed by atoms with van der Waals surface area (Å²) in [5, 5.41) is 0. The van der Waals surface area contributed by atoms with Crippen molar-refractivity contribution in [2.45, 2.75) is 30.4 Å². The minimum Gasteiger partial charge on any atom is -0.497 e. The molecule has 0 fully saturated rings. The van der Waals surface area contributed by atoms with E-state index in [4.69, 9.17) is 9.47 Å². The third-order valence-corrected chi connectivity index (χ3v) is 6.23. The van der Waals surface area contributed by atoms with Gasteiger partial charge >= 0.3 is 5.97 Å². The number of carbonyl (C=O) groups is 1. The lowest BCUT2D eigenvalue weighted by atomic mass is 9.74. The quantitative estimate of drug-likeness (QED) is 0.351. The fourth-order valence-corrected chi connectivity index (χ4v) is 4.22. The molecule has 26 heavy (non-hydrogen) atoms. The van der Waals surface area contributed by atoms with Gasteiger partial charge in [-0.3, -0.25) is 4.79 Å². The lowest BCUT2D eigenvalue weighted by molar-refractivity contribution is -0.149. The van der Waals surface area contributed by atoms with Gasteiger partial charge in [0.15, 0.2) is 4.75 Å². The molecule has 2 rings (SSSR count). The fraction of sp³-hybridized carbons (Fsp3) is 0.318. The van der Waals surface area contributed by atoms with E-state index in [1.807, 2.05) is 81.4 Å². The normalized spacial score (nSPS) is 13.5. The van der Waals surface area contributed by atoms with Crippen molar-refractivity contribution in [1.29, 1.82) is 0 Å². The van der Waals surface area contributed by atoms with Crippen LogP contribution < -0.4 is 4.74 Å². The smallest absolute Gasteiger partial charge is 0.328 e. The van der Waals surface area contributed by atoms with Gasteiger partial charge in [-0.25, -0.2) is 0 Å². The lowest BCUT2D eigenvalue weighted by Gasteiger charge is -2.42. The SMILES string of the molecule is C=CC(C)(C)C(Sc1ccc(OC)cc1)(C(=O)OCC)c1ccccc1. The molecule has 4 heteroatoms. The number of ether oxygens (including phenoxy) is 2. The molecule has 2 aromatic carbocycles. The Balaban J connectivity index is 2.64. The molecule has 1 unspecified atom stereocenters. The Morgan fingerprint density at radius 1 is 1.12 bits per heavy atom. The molecule has 0 amide bonds. The summed E-state index contributed by atoms with van der Waals surface area (Å²) >= 11 is 1.49. The van der Waals surface area contributed by atoms with Gasteiger partial charge in [0.1, 0.15) is 5.75 Å². The fourth-order valence-electron chi connectivity index (χ4n) is 2.85. The van der Waals surface area contributed by atoms with Crippen molar-refractivity contribution < 1.29 is 14.3 Å². The van der Waals surface area contributed by atoms with Crippen LogP contribution >= 0.6 is 11.8 Å². The Morgan fingerprint density at radius 3 is 2.23 bits per heavy atom. The number of hydrogen-bond donors (Lipinski definition) is 0. The molecule has 0 heterocycles. The summed E-state index contributed by atoms with van der Waals surface area (Å²) in [6.45, 7) is 10.2. The lowest BCUT2D eigenvalue weighted by Crippen LogP contribution is -2.46. The molecule has 0 radical (unpaired) electrons. The van der Waals surface area contributed by atoms with Crippen LogP contribution in [-0.4, -0.2) is 19.7 Å². The Hall–Kier alpha value is -2.20. The summed E-state index contributed by atoms with van der Waals surface area (Å²) in [6, 6.07) is 17.5. The second-order valence-corrected chi connectivity index (χ2v) is 7.76. The molecule has 0 aromatic heterocycles. The van der Waals surface area contributed by atoms with E-state index in [2.05, 4.69) is 6.58 Å². The van der Waals surface area contributed by atoms with Crippen LogP contribution in [0.4, 0.5) is 0 Å². The zero-order valence-corrected chi connectivity index (χ0v) is 16.6. The van der Waals surface area contributed by atoms with Gasteiger partial charge in [0.25, 0.3) is 0 Å². The highest BCUT2D eigenvalue weighted by atomic mass is 32.2. The molecule has 0 saturated carbocycles. The second kappa shape index (κ2) is 8.45. The summed E-state index contributed by atoms with van der Waals surface area (Å²) in [6.07, 6.45) is 1.83. The zero-order chi connectivity index (χ0) is 19.2. The van der Waals surface area contributed by atoms with Crippen molar-refractivity contribution in [2.24, 2.45) is 5.41 Å². The van der Waals surface area contributed by atoms with E-state index in [1.165, 1.54) is 11.8 Å². The van der Waals surface area contributed by atoms with Crippen LogP contribution in [0.5, 0.6) is 5.75 Å². The first-order valence-electron chi connectivity index (χ1n) is 8.60. The highest BCUT2D eigenvalue weighted by Gasteiger charge is 2.53. The van der Waals surface area contributed by atoms with Gasteiger partial charge in [-0.1, -0.05) is 50.3 Å². The monoisotopic (exact) mass is 370 g/mol. The Kier molecular flexibility index (Phi) is 6.54. The van der Waals surface area contributed by atoms with Crippen LogP contribution in [0.2, 0.25) is 0 Å². The molecule has 0 aliphatic carbocycles. The number of carbonyl (C=O) groups excluding carboxylic acids is 1. The summed E-state index contributed by atoms with van der Waals surface area (Å²) in [4.78, 5) is 14.2. The molecule has 1 atom stereocenters. The predicted molar refractivity (Wildman–Crippen MR) is 108 cm³/mol. The number of benzene rings is 2. The van der Waals surface area contributed by atoms with Crippen molar-refractivity contribution in [3.63, 3.8) is 0 Å². The highest BCUT2D eigenvalue weighted by molar-refractivity contribution is 8.01. The number of rotatable bonds is 8. The maximum absolute atomic E-state index is 13.3. The maximum Gasteiger partial charge on any atom is 0.328 e. The van der Waals surface area contributed by atoms with Crippen LogP contribution in [0.1, 0.15) is 26.3 Å². The Morgan fingerprint density at radius 2 is 1.73 bits per heavy atom. The molecular weight excluding hydrogens is 344 g/mol. The van der Waals surface area contributed by atoms with Crippen LogP contribution in [0, 0.1) is 5.41 Å². The van der Waals surface area contributed by atoms with E-state index >= 15 is 0 Å². The highest BCUT2D eigenvalue weighted by Crippen LogP contribution is 2.54. The summed E-state index contributed by atoms with van der Waals surface area (Å²) in [5.74, 6) is 0.510. The number of methoxy groups -OCH3 is 1. The van der Waals surface area contributed by atoms with Crippen LogP contribution in [0.3, 0.4) is 0 Å². The molecule has 2 aromatic rings. The average molecular weight is 371 g/mol. The van der Waals surface area contributed by atoms with Crippen molar-refractivity contribution in [3.05, 3.63) is 72.8 Å². The molecule has 0 saturated heterocycles. The van der Waals surface area contributed by atoms with Crippen LogP contribution in [-0.2, 0) is 14.3 Å². The summed E-state index contributed by atoms with van der Waals surface area (Å²) in [5.41, 5.74) is 0.342. The van der Waals surface area contributed by atoms with Gasteiger partial charge in [0.05, 0.1) is 13.7 Å². The average Bonchev–Trinajstić information content (AvgIpc) is 2.67. The molecule has 0 aliphatic heterocycles. The van der Waals surface area contributed by atoms with Gasteiger partial charge in [-0.2, -0.15) is 0 Å². The third-order valence-electron chi connectivity index (χ3n) is 4.49. The Labute approximate surface area is 160 Å². The molecule has 3 nitrogen and oxygen atoms in total. The van der Waals surface area contributed by atoms with Crippen LogP contribution in [0.25, 0.3) is 0 Å². The molecule has 0 N–H and O–H groups in total. The topological polar surface area (TPSA) is 35.5 Å². The van der Waals surface area contributed by atoms with Crippen molar-refractivity contribution >= 4 is 17.7 Å². The standard InChI is InChI=1S/C22H26O3S/c1-6-21(3,4)22(20(23)25-7-2,17-11-9-8-10-12-17)26-19-15-13-18(24-5)14-16-19/h6,8-16H,1,7H2,2-5H3. The second-order valence-electron chi connectivity index (χ2n) is 6.47. The van der Waals surface area contributed by atoms with E-state index in [1.54, 1.807) is 7.11 Å². The van der Waals surface area contributed by atoms with Crippen LogP contribution in [0.15, 0.2) is 72.1 Å². The predicted octanol–water partition coefficient (Wildman–Crippen LogP) is 5.46. The first-order valence-corrected chi connectivity index (χ1v) is 9.42. The molecule has 0 bridgehead atoms. The number of thioether (sulfide) groups is 1. The number of esters is 1. The first kappa shape index (κ1) is 20.1. The van der Waals surface area contributed by atoms with Gasteiger partial charge in [0.2, 0.25) is 0 Å². The van der Waals surface area contributed by atoms with Crippen molar-refractivity contribution in [2.75, 3.05) is 13.7 Å². The van der Waals surface area contributed by atoms with E-state index in [-0.39, 0.29) is 5.97 Å². The van der Waals surface area contributed by atoms with Gasteiger partial charge < -0.3 is 9.47 Å².